The lowest BCUT2D eigenvalue weighted by molar-refractivity contribution is -0.162. The Morgan fingerprint density at radius 1 is 1.23 bits per heavy atom. The second-order valence-electron chi connectivity index (χ2n) is 7.03. The molecule has 1 aromatic rings. The van der Waals surface area contributed by atoms with Crippen LogP contribution in [0.15, 0.2) is 42.1 Å². The van der Waals surface area contributed by atoms with Crippen LogP contribution in [0.5, 0.6) is 0 Å². The molecule has 26 heavy (non-hydrogen) atoms. The summed E-state index contributed by atoms with van der Waals surface area (Å²) in [5.74, 6) is -1.11. The zero-order valence-electron chi connectivity index (χ0n) is 14.4. The van der Waals surface area contributed by atoms with Crippen LogP contribution in [0.4, 0.5) is 0 Å². The Hall–Kier alpha value is -2.32. The van der Waals surface area contributed by atoms with Crippen molar-refractivity contribution in [3.8, 4) is 0 Å². The first-order valence-corrected chi connectivity index (χ1v) is 9.42. The zero-order chi connectivity index (χ0) is 18.6. The van der Waals surface area contributed by atoms with E-state index in [1.807, 2.05) is 44.2 Å². The number of nitrogens with zero attached hydrogens (tertiary/aromatic N) is 2. The molecule has 4 rings (SSSR count). The molecule has 0 aliphatic carbocycles. The Labute approximate surface area is 155 Å². The fourth-order valence-corrected chi connectivity index (χ4v) is 5.12. The summed E-state index contributed by atoms with van der Waals surface area (Å²) < 4.78 is 0. The van der Waals surface area contributed by atoms with Crippen LogP contribution in [-0.2, 0) is 14.4 Å². The van der Waals surface area contributed by atoms with Crippen molar-refractivity contribution in [2.24, 2.45) is 0 Å². The van der Waals surface area contributed by atoms with Crippen molar-refractivity contribution in [3.63, 3.8) is 0 Å². The van der Waals surface area contributed by atoms with Gasteiger partial charge < -0.3 is 10.0 Å². The lowest BCUT2D eigenvalue weighted by atomic mass is 10.00. The number of thioether (sulfide) groups is 1. The van der Waals surface area contributed by atoms with Crippen molar-refractivity contribution in [2.75, 3.05) is 5.75 Å². The smallest absolute Gasteiger partial charge is 0.352 e. The first-order valence-electron chi connectivity index (χ1n) is 8.37. The predicted octanol–water partition coefficient (Wildman–Crippen LogP) is 1.15. The fraction of sp³-hybridized carbons (Fsp3) is 0.389. The van der Waals surface area contributed by atoms with Crippen LogP contribution < -0.4 is 5.32 Å². The van der Waals surface area contributed by atoms with Crippen molar-refractivity contribution in [3.05, 3.63) is 47.7 Å². The van der Waals surface area contributed by atoms with Gasteiger partial charge in [-0.1, -0.05) is 30.3 Å². The van der Waals surface area contributed by atoms with Gasteiger partial charge in [-0.2, -0.15) is 0 Å². The lowest BCUT2D eigenvalue weighted by Gasteiger charge is -2.53. The molecule has 0 spiro atoms. The van der Waals surface area contributed by atoms with E-state index in [2.05, 4.69) is 5.32 Å². The van der Waals surface area contributed by atoms with Gasteiger partial charge in [0.15, 0.2) is 0 Å². The molecular weight excluding hydrogens is 354 g/mol. The molecule has 3 aliphatic rings. The van der Waals surface area contributed by atoms with E-state index < -0.39 is 23.7 Å². The van der Waals surface area contributed by atoms with Gasteiger partial charge in [0.1, 0.15) is 23.2 Å². The lowest BCUT2D eigenvalue weighted by Crippen LogP contribution is -2.73. The average Bonchev–Trinajstić information content (AvgIpc) is 2.85. The van der Waals surface area contributed by atoms with Gasteiger partial charge in [-0.15, -0.1) is 11.8 Å². The maximum Gasteiger partial charge on any atom is 0.352 e. The molecule has 7 nitrogen and oxygen atoms in total. The van der Waals surface area contributed by atoms with Crippen molar-refractivity contribution < 1.29 is 19.5 Å². The molecule has 2 N–H and O–H groups in total. The molecule has 3 heterocycles. The fourth-order valence-electron chi connectivity index (χ4n) is 3.88. The van der Waals surface area contributed by atoms with Crippen LogP contribution in [0, 0.1) is 0 Å². The topological polar surface area (TPSA) is 90.0 Å². The maximum atomic E-state index is 13.1. The highest BCUT2D eigenvalue weighted by molar-refractivity contribution is 8.00. The van der Waals surface area contributed by atoms with E-state index in [1.165, 1.54) is 16.7 Å². The Kier molecular flexibility index (Phi) is 3.85. The van der Waals surface area contributed by atoms with E-state index in [9.17, 15) is 19.5 Å². The minimum Gasteiger partial charge on any atom is -0.477 e. The number of benzene rings is 1. The molecule has 1 aromatic carbocycles. The second-order valence-corrected chi connectivity index (χ2v) is 8.18. The molecule has 0 saturated carbocycles. The van der Waals surface area contributed by atoms with E-state index in [0.29, 0.717) is 5.75 Å². The molecule has 2 saturated heterocycles. The number of hydrogen-bond acceptors (Lipinski definition) is 5. The summed E-state index contributed by atoms with van der Waals surface area (Å²) in [5, 5.41) is 12.3. The first-order chi connectivity index (χ1) is 12.3. The van der Waals surface area contributed by atoms with Gasteiger partial charge in [0.2, 0.25) is 5.91 Å². The number of aliphatic carboxylic acids is 1. The second kappa shape index (κ2) is 5.85. The van der Waals surface area contributed by atoms with E-state index >= 15 is 0 Å². The predicted molar refractivity (Wildman–Crippen MR) is 95.8 cm³/mol. The first kappa shape index (κ1) is 17.1. The Bertz CT molecular complexity index is 823. The standard InChI is InChI=1S/C18H19N3O4S/c1-18(2)19-12(10-6-4-3-5-7-10)14(22)21(18)13-15(23)20-11(17(24)25)8-9-26-16(13)20/h3-8,12-13,16,19H,9H2,1-2H3,(H,24,25)/t12?,13-,16-/m1/s1. The van der Waals surface area contributed by atoms with Gasteiger partial charge in [0.25, 0.3) is 5.91 Å². The normalized spacial score (nSPS) is 29.9. The SMILES string of the molecule is CC1(C)NC(c2ccccc2)C(=O)N1[C@@H]1C(=O)N2C(C(=O)O)=CCS[C@H]12. The third kappa shape index (κ3) is 2.36. The van der Waals surface area contributed by atoms with Gasteiger partial charge >= 0.3 is 5.97 Å². The summed E-state index contributed by atoms with van der Waals surface area (Å²) in [7, 11) is 0. The quantitative estimate of drug-likeness (QED) is 0.773. The third-order valence-corrected chi connectivity index (χ3v) is 6.20. The summed E-state index contributed by atoms with van der Waals surface area (Å²) in [5.41, 5.74) is 0.140. The Morgan fingerprint density at radius 3 is 2.58 bits per heavy atom. The van der Waals surface area contributed by atoms with E-state index in [-0.39, 0.29) is 22.9 Å². The number of carboxylic acids is 1. The highest BCUT2D eigenvalue weighted by Gasteiger charge is 2.61. The van der Waals surface area contributed by atoms with E-state index in [0.717, 1.165) is 5.56 Å². The van der Waals surface area contributed by atoms with Gasteiger partial charge in [-0.05, 0) is 25.5 Å². The molecule has 3 aliphatic heterocycles. The third-order valence-electron chi connectivity index (χ3n) is 5.03. The molecule has 2 fully saturated rings. The van der Waals surface area contributed by atoms with Gasteiger partial charge in [-0.3, -0.25) is 19.8 Å². The van der Waals surface area contributed by atoms with Crippen molar-refractivity contribution in [1.29, 1.82) is 0 Å². The summed E-state index contributed by atoms with van der Waals surface area (Å²) >= 11 is 1.48. The van der Waals surface area contributed by atoms with Crippen LogP contribution in [-0.4, -0.2) is 55.5 Å². The average molecular weight is 373 g/mol. The van der Waals surface area contributed by atoms with Gasteiger partial charge in [-0.25, -0.2) is 4.79 Å². The van der Waals surface area contributed by atoms with E-state index in [4.69, 9.17) is 0 Å². The van der Waals surface area contributed by atoms with E-state index in [1.54, 1.807) is 11.0 Å². The van der Waals surface area contributed by atoms with Gasteiger partial charge in [0.05, 0.1) is 5.66 Å². The highest BCUT2D eigenvalue weighted by atomic mass is 32.2. The van der Waals surface area contributed by atoms with Crippen LogP contribution in [0.1, 0.15) is 25.5 Å². The van der Waals surface area contributed by atoms with Crippen molar-refractivity contribution in [2.45, 2.75) is 37.0 Å². The monoisotopic (exact) mass is 373 g/mol. The minimum absolute atomic E-state index is 0.00650. The van der Waals surface area contributed by atoms with Crippen LogP contribution >= 0.6 is 11.8 Å². The Morgan fingerprint density at radius 2 is 1.92 bits per heavy atom. The minimum atomic E-state index is -1.12. The zero-order valence-corrected chi connectivity index (χ0v) is 15.2. The number of fused-ring (bicyclic) bond motifs is 1. The maximum absolute atomic E-state index is 13.1. The molecule has 8 heteroatoms. The molecule has 136 valence electrons. The molecule has 1 unspecified atom stereocenters. The molecule has 2 amide bonds. The molecule has 3 atom stereocenters. The number of rotatable bonds is 3. The van der Waals surface area contributed by atoms with Crippen molar-refractivity contribution in [1.82, 2.24) is 15.1 Å². The molecule has 0 aromatic heterocycles. The summed E-state index contributed by atoms with van der Waals surface area (Å²) in [6.07, 6.45) is 1.54. The number of β-lactam (4-membered cyclic amide) rings is 1. The van der Waals surface area contributed by atoms with Crippen molar-refractivity contribution >= 4 is 29.5 Å². The molecular formula is C18H19N3O4S. The number of carboxylic acid groups (broad SMARTS) is 1. The summed E-state index contributed by atoms with van der Waals surface area (Å²) in [4.78, 5) is 40.2. The van der Waals surface area contributed by atoms with Crippen LogP contribution in [0.3, 0.4) is 0 Å². The number of amides is 2. The number of nitrogens with one attached hydrogen (secondary N) is 1. The number of carbonyl (C=O) groups excluding carboxylic acids is 2. The summed E-state index contributed by atoms with van der Waals surface area (Å²) in [6.45, 7) is 3.73. The molecule has 0 bridgehead atoms. The summed E-state index contributed by atoms with van der Waals surface area (Å²) in [6, 6.07) is 8.21. The van der Waals surface area contributed by atoms with Crippen LogP contribution in [0.25, 0.3) is 0 Å². The number of hydrogen-bond donors (Lipinski definition) is 2. The number of carbonyl (C=O) groups is 3. The highest BCUT2D eigenvalue weighted by Crippen LogP contribution is 2.44. The van der Waals surface area contributed by atoms with Crippen LogP contribution in [0.2, 0.25) is 0 Å². The largest absolute Gasteiger partial charge is 0.477 e. The van der Waals surface area contributed by atoms with Gasteiger partial charge in [0, 0.05) is 5.75 Å². The molecule has 0 radical (unpaired) electrons. The Balaban J connectivity index is 1.64.